The molecule has 2 saturated heterocycles. The molecule has 2 aliphatic rings. The van der Waals surface area contributed by atoms with Crippen molar-refractivity contribution in [3.63, 3.8) is 0 Å². The lowest BCUT2D eigenvalue weighted by Crippen LogP contribution is -2.56. The highest BCUT2D eigenvalue weighted by Crippen LogP contribution is 2.37. The summed E-state index contributed by atoms with van der Waals surface area (Å²) in [5, 5.41) is 3.30. The van der Waals surface area contributed by atoms with Gasteiger partial charge in [0.1, 0.15) is 0 Å². The molecule has 1 N–H and O–H groups in total. The molecule has 2 aliphatic heterocycles. The van der Waals surface area contributed by atoms with Gasteiger partial charge in [0, 0.05) is 50.4 Å². The first-order valence-electron chi connectivity index (χ1n) is 11.6. The summed E-state index contributed by atoms with van der Waals surface area (Å²) in [7, 11) is 0. The van der Waals surface area contributed by atoms with Crippen LogP contribution in [0.15, 0.2) is 48.5 Å². The molecule has 35 heavy (non-hydrogen) atoms. The molecule has 190 valence electrons. The van der Waals surface area contributed by atoms with E-state index < -0.39 is 35.0 Å². The van der Waals surface area contributed by atoms with Crippen LogP contribution in [0.25, 0.3) is 0 Å². The Hall–Kier alpha value is -2.59. The number of hydrogen-bond donors (Lipinski definition) is 1. The molecule has 0 aromatic heterocycles. The molecular formula is C25H27F6N3O. The van der Waals surface area contributed by atoms with E-state index in [0.29, 0.717) is 31.4 Å². The summed E-state index contributed by atoms with van der Waals surface area (Å²) in [5.74, 6) is -0.804. The Morgan fingerprint density at radius 1 is 0.886 bits per heavy atom. The number of halogens is 6. The Labute approximate surface area is 199 Å². The lowest BCUT2D eigenvalue weighted by molar-refractivity contribution is -0.143. The van der Waals surface area contributed by atoms with Crippen molar-refractivity contribution in [2.24, 2.45) is 0 Å². The summed E-state index contributed by atoms with van der Waals surface area (Å²) in [6, 6.07) is 10.4. The maximum Gasteiger partial charge on any atom is 0.416 e. The van der Waals surface area contributed by atoms with Gasteiger partial charge in [0.05, 0.1) is 11.1 Å². The van der Waals surface area contributed by atoms with E-state index in [0.717, 1.165) is 31.7 Å². The zero-order valence-corrected chi connectivity index (χ0v) is 19.0. The number of rotatable bonds is 4. The molecule has 2 aromatic rings. The van der Waals surface area contributed by atoms with Gasteiger partial charge in [-0.05, 0) is 43.0 Å². The van der Waals surface area contributed by atoms with Crippen LogP contribution in [0.5, 0.6) is 0 Å². The van der Waals surface area contributed by atoms with Gasteiger partial charge in [-0.3, -0.25) is 9.69 Å². The molecule has 10 heteroatoms. The zero-order valence-electron chi connectivity index (χ0n) is 19.0. The number of benzene rings is 2. The van der Waals surface area contributed by atoms with Crippen LogP contribution in [0.3, 0.4) is 0 Å². The lowest BCUT2D eigenvalue weighted by Gasteiger charge is -2.45. The van der Waals surface area contributed by atoms with Crippen molar-refractivity contribution in [3.05, 3.63) is 70.8 Å². The normalized spacial score (nSPS) is 22.3. The second-order valence-electron chi connectivity index (χ2n) is 9.10. The predicted molar refractivity (Wildman–Crippen MR) is 119 cm³/mol. The SMILES string of the molecule is O=C(c1cc(C(F)(F)F)cc(C(F)(F)F)c1)N1CC[C@H](N2CCNCC2)C[C@H]1Cc1ccccc1. The van der Waals surface area contributed by atoms with Gasteiger partial charge >= 0.3 is 12.4 Å². The molecule has 0 unspecified atom stereocenters. The summed E-state index contributed by atoms with van der Waals surface area (Å²) < 4.78 is 80.2. The number of hydrogen-bond acceptors (Lipinski definition) is 3. The Morgan fingerprint density at radius 3 is 2.06 bits per heavy atom. The topological polar surface area (TPSA) is 35.6 Å². The Bertz CT molecular complexity index is 986. The molecule has 0 saturated carbocycles. The van der Waals surface area contributed by atoms with Gasteiger partial charge in [-0.1, -0.05) is 30.3 Å². The van der Waals surface area contributed by atoms with E-state index in [4.69, 9.17) is 0 Å². The van der Waals surface area contributed by atoms with Crippen LogP contribution in [0.1, 0.15) is 39.9 Å². The highest BCUT2D eigenvalue weighted by Gasteiger charge is 2.40. The molecule has 0 spiro atoms. The van der Waals surface area contributed by atoms with Crippen molar-refractivity contribution in [2.75, 3.05) is 32.7 Å². The summed E-state index contributed by atoms with van der Waals surface area (Å²) in [4.78, 5) is 17.2. The first-order chi connectivity index (χ1) is 16.5. The van der Waals surface area contributed by atoms with Gasteiger partial charge in [-0.15, -0.1) is 0 Å². The van der Waals surface area contributed by atoms with Gasteiger partial charge < -0.3 is 10.2 Å². The number of carbonyl (C=O) groups is 1. The Kier molecular flexibility index (Phi) is 7.42. The van der Waals surface area contributed by atoms with Crippen LogP contribution in [0.2, 0.25) is 0 Å². The van der Waals surface area contributed by atoms with Crippen molar-refractivity contribution in [1.82, 2.24) is 15.1 Å². The highest BCUT2D eigenvalue weighted by molar-refractivity contribution is 5.95. The van der Waals surface area contributed by atoms with Crippen LogP contribution in [-0.2, 0) is 18.8 Å². The quantitative estimate of drug-likeness (QED) is 0.612. The molecule has 4 rings (SSSR count). The number of alkyl halides is 6. The molecular weight excluding hydrogens is 472 g/mol. The smallest absolute Gasteiger partial charge is 0.335 e. The summed E-state index contributed by atoms with van der Waals surface area (Å²) in [6.07, 6.45) is -8.32. The fraction of sp³-hybridized carbons (Fsp3) is 0.480. The number of piperazine rings is 1. The number of nitrogens with zero attached hydrogens (tertiary/aromatic N) is 2. The Balaban J connectivity index is 1.65. The van der Waals surface area contributed by atoms with Gasteiger partial charge in [0.15, 0.2) is 0 Å². The first-order valence-corrected chi connectivity index (χ1v) is 11.6. The van der Waals surface area contributed by atoms with Crippen molar-refractivity contribution < 1.29 is 31.1 Å². The monoisotopic (exact) mass is 499 g/mol. The lowest BCUT2D eigenvalue weighted by atomic mass is 9.90. The van der Waals surface area contributed by atoms with E-state index in [2.05, 4.69) is 10.2 Å². The maximum atomic E-state index is 13.4. The first kappa shape index (κ1) is 25.5. The number of piperidine rings is 1. The molecule has 2 heterocycles. The average Bonchev–Trinajstić information content (AvgIpc) is 2.83. The van der Waals surface area contributed by atoms with E-state index in [1.54, 1.807) is 0 Å². The van der Waals surface area contributed by atoms with Gasteiger partial charge in [-0.2, -0.15) is 26.3 Å². The van der Waals surface area contributed by atoms with E-state index in [-0.39, 0.29) is 24.7 Å². The summed E-state index contributed by atoms with van der Waals surface area (Å²) in [6.45, 7) is 3.70. The van der Waals surface area contributed by atoms with Crippen LogP contribution < -0.4 is 5.32 Å². The molecule has 2 fully saturated rings. The highest BCUT2D eigenvalue weighted by atomic mass is 19.4. The summed E-state index contributed by atoms with van der Waals surface area (Å²) in [5.41, 5.74) is -2.60. The van der Waals surface area contributed by atoms with Gasteiger partial charge in [-0.25, -0.2) is 0 Å². The van der Waals surface area contributed by atoms with Crippen LogP contribution >= 0.6 is 0 Å². The molecule has 4 nitrogen and oxygen atoms in total. The predicted octanol–water partition coefficient (Wildman–Crippen LogP) is 4.85. The number of likely N-dealkylation sites (tertiary alicyclic amines) is 1. The minimum absolute atomic E-state index is 0.0505. The fourth-order valence-corrected chi connectivity index (χ4v) is 5.00. The van der Waals surface area contributed by atoms with E-state index in [9.17, 15) is 31.1 Å². The number of carbonyl (C=O) groups excluding carboxylic acids is 1. The molecule has 0 aliphatic carbocycles. The van der Waals surface area contributed by atoms with Crippen LogP contribution in [-0.4, -0.2) is 60.5 Å². The second-order valence-corrected chi connectivity index (χ2v) is 9.10. The van der Waals surface area contributed by atoms with Crippen molar-refractivity contribution in [3.8, 4) is 0 Å². The second kappa shape index (κ2) is 10.2. The molecule has 0 bridgehead atoms. The van der Waals surface area contributed by atoms with E-state index >= 15 is 0 Å². The third-order valence-corrected chi connectivity index (χ3v) is 6.77. The number of nitrogens with one attached hydrogen (secondary N) is 1. The molecule has 2 atom stereocenters. The fourth-order valence-electron chi connectivity index (χ4n) is 5.00. The summed E-state index contributed by atoms with van der Waals surface area (Å²) >= 11 is 0. The number of amides is 1. The molecule has 2 aromatic carbocycles. The van der Waals surface area contributed by atoms with Crippen LogP contribution in [0.4, 0.5) is 26.3 Å². The van der Waals surface area contributed by atoms with Crippen molar-refractivity contribution in [1.29, 1.82) is 0 Å². The third-order valence-electron chi connectivity index (χ3n) is 6.77. The standard InChI is InChI=1S/C25H27F6N3O/c26-24(27,28)19-13-18(14-20(15-19)25(29,30)31)23(35)34-9-6-21(33-10-7-32-8-11-33)16-22(34)12-17-4-2-1-3-5-17/h1-5,13-15,21-22,32H,6-12,16H2/t21-,22+/m0/s1. The molecule has 0 radical (unpaired) electrons. The minimum Gasteiger partial charge on any atom is -0.335 e. The minimum atomic E-state index is -5.00. The molecule has 1 amide bonds. The largest absolute Gasteiger partial charge is 0.416 e. The van der Waals surface area contributed by atoms with Crippen molar-refractivity contribution in [2.45, 2.75) is 43.7 Å². The van der Waals surface area contributed by atoms with E-state index in [1.165, 1.54) is 4.90 Å². The van der Waals surface area contributed by atoms with E-state index in [1.807, 2.05) is 30.3 Å². The maximum absolute atomic E-state index is 13.4. The third kappa shape index (κ3) is 6.16. The van der Waals surface area contributed by atoms with Crippen LogP contribution in [0, 0.1) is 0 Å². The van der Waals surface area contributed by atoms with Gasteiger partial charge in [0.25, 0.3) is 5.91 Å². The van der Waals surface area contributed by atoms with Crippen molar-refractivity contribution >= 4 is 5.91 Å². The zero-order chi connectivity index (χ0) is 25.2. The van der Waals surface area contributed by atoms with Gasteiger partial charge in [0.2, 0.25) is 0 Å². The Morgan fingerprint density at radius 2 is 1.49 bits per heavy atom. The average molecular weight is 499 g/mol.